The Balaban J connectivity index is 1.61. The van der Waals surface area contributed by atoms with Crippen LogP contribution in [0.5, 0.6) is 5.75 Å². The number of rotatable bonds is 5. The van der Waals surface area contributed by atoms with Gasteiger partial charge in [-0.3, -0.25) is 4.79 Å². The van der Waals surface area contributed by atoms with Gasteiger partial charge in [-0.15, -0.1) is 0 Å². The Morgan fingerprint density at radius 2 is 1.79 bits per heavy atom. The standard InChI is InChI=1S/C25H15Cl3N2O3/c26-16-7-6-15(19(27)10-16)13-30-20-9-8-17(31)11-18(20)22(24(30)28)23(32)25-29-12-21(33-25)14-4-2-1-3-5-14/h1-12,31H,13H2. The van der Waals surface area contributed by atoms with Crippen molar-refractivity contribution in [3.8, 4) is 17.1 Å². The third-order valence-corrected chi connectivity index (χ3v) is 6.29. The summed E-state index contributed by atoms with van der Waals surface area (Å²) in [5.74, 6) is -0.108. The van der Waals surface area contributed by atoms with Crippen molar-refractivity contribution in [3.63, 3.8) is 0 Å². The van der Waals surface area contributed by atoms with Gasteiger partial charge in [-0.25, -0.2) is 4.98 Å². The summed E-state index contributed by atoms with van der Waals surface area (Å²) in [7, 11) is 0. The predicted molar refractivity (Wildman–Crippen MR) is 130 cm³/mol. The van der Waals surface area contributed by atoms with Crippen molar-refractivity contribution in [3.05, 3.63) is 105 Å². The molecule has 0 atom stereocenters. The number of nitrogens with zero attached hydrogens (tertiary/aromatic N) is 2. The molecule has 0 aliphatic heterocycles. The molecule has 33 heavy (non-hydrogen) atoms. The molecule has 8 heteroatoms. The van der Waals surface area contributed by atoms with Crippen molar-refractivity contribution in [2.24, 2.45) is 0 Å². The minimum Gasteiger partial charge on any atom is -0.508 e. The maximum Gasteiger partial charge on any atom is 0.268 e. The molecule has 1 N–H and O–H groups in total. The van der Waals surface area contributed by atoms with Gasteiger partial charge in [0.15, 0.2) is 5.76 Å². The van der Waals surface area contributed by atoms with E-state index in [1.807, 2.05) is 30.3 Å². The second-order valence-corrected chi connectivity index (χ2v) is 8.62. The van der Waals surface area contributed by atoms with Gasteiger partial charge in [0.2, 0.25) is 0 Å². The Bertz CT molecular complexity index is 1510. The van der Waals surface area contributed by atoms with E-state index in [-0.39, 0.29) is 22.4 Å². The number of phenolic OH excluding ortho intramolecular Hbond substituents is 1. The van der Waals surface area contributed by atoms with E-state index in [1.165, 1.54) is 18.3 Å². The second kappa shape index (κ2) is 8.60. The number of ketones is 1. The lowest BCUT2D eigenvalue weighted by Crippen LogP contribution is -2.04. The number of carbonyl (C=O) groups excluding carboxylic acids is 1. The van der Waals surface area contributed by atoms with Crippen molar-refractivity contribution in [1.82, 2.24) is 9.55 Å². The first-order valence-corrected chi connectivity index (χ1v) is 11.1. The summed E-state index contributed by atoms with van der Waals surface area (Å²) in [6.45, 7) is 0.296. The van der Waals surface area contributed by atoms with E-state index in [0.29, 0.717) is 33.3 Å². The van der Waals surface area contributed by atoms with E-state index in [1.54, 1.807) is 28.8 Å². The van der Waals surface area contributed by atoms with E-state index in [4.69, 9.17) is 39.2 Å². The van der Waals surface area contributed by atoms with Crippen LogP contribution in [-0.4, -0.2) is 20.4 Å². The van der Waals surface area contributed by atoms with Gasteiger partial charge in [0.25, 0.3) is 11.7 Å². The normalized spacial score (nSPS) is 11.2. The van der Waals surface area contributed by atoms with Crippen molar-refractivity contribution in [1.29, 1.82) is 0 Å². The summed E-state index contributed by atoms with van der Waals surface area (Å²) >= 11 is 19.1. The van der Waals surface area contributed by atoms with Gasteiger partial charge in [0.05, 0.1) is 23.8 Å². The van der Waals surface area contributed by atoms with Gasteiger partial charge >= 0.3 is 0 Å². The molecule has 2 heterocycles. The molecule has 3 aromatic carbocycles. The SMILES string of the molecule is O=C(c1ncc(-c2ccccc2)o1)c1c(Cl)n(Cc2ccc(Cl)cc2Cl)c2ccc(O)cc12. The molecular formula is C25H15Cl3N2O3. The highest BCUT2D eigenvalue weighted by atomic mass is 35.5. The first-order chi connectivity index (χ1) is 15.9. The molecule has 0 fully saturated rings. The van der Waals surface area contributed by atoms with Gasteiger partial charge in [0.1, 0.15) is 10.9 Å². The first-order valence-electron chi connectivity index (χ1n) is 9.93. The molecule has 0 bridgehead atoms. The van der Waals surface area contributed by atoms with Crippen molar-refractivity contribution >= 4 is 51.5 Å². The summed E-state index contributed by atoms with van der Waals surface area (Å²) in [4.78, 5) is 17.6. The molecule has 0 saturated heterocycles. The maximum absolute atomic E-state index is 13.4. The molecule has 0 unspecified atom stereocenters. The van der Waals surface area contributed by atoms with Crippen LogP contribution in [0.1, 0.15) is 21.8 Å². The number of benzene rings is 3. The Hall–Kier alpha value is -3.25. The molecule has 164 valence electrons. The molecular weight excluding hydrogens is 483 g/mol. The maximum atomic E-state index is 13.4. The quantitative estimate of drug-likeness (QED) is 0.260. The zero-order valence-corrected chi connectivity index (χ0v) is 19.2. The Labute approximate surface area is 203 Å². The largest absolute Gasteiger partial charge is 0.508 e. The van der Waals surface area contributed by atoms with E-state index < -0.39 is 5.78 Å². The summed E-state index contributed by atoms with van der Waals surface area (Å²) in [6.07, 6.45) is 1.50. The number of aromatic nitrogens is 2. The van der Waals surface area contributed by atoms with Crippen LogP contribution in [0.15, 0.2) is 77.3 Å². The molecule has 0 spiro atoms. The zero-order chi connectivity index (χ0) is 23.1. The molecule has 2 aromatic heterocycles. The van der Waals surface area contributed by atoms with Crippen molar-refractivity contribution < 1.29 is 14.3 Å². The highest BCUT2D eigenvalue weighted by molar-refractivity contribution is 6.37. The highest BCUT2D eigenvalue weighted by Crippen LogP contribution is 2.36. The van der Waals surface area contributed by atoms with Gasteiger partial charge in [0, 0.05) is 21.0 Å². The fraction of sp³-hybridized carbons (Fsp3) is 0.0400. The Morgan fingerprint density at radius 3 is 2.55 bits per heavy atom. The van der Waals surface area contributed by atoms with Crippen LogP contribution in [0.2, 0.25) is 15.2 Å². The zero-order valence-electron chi connectivity index (χ0n) is 16.9. The van der Waals surface area contributed by atoms with Crippen LogP contribution < -0.4 is 0 Å². The lowest BCUT2D eigenvalue weighted by Gasteiger charge is -2.09. The van der Waals surface area contributed by atoms with Crippen LogP contribution >= 0.6 is 34.8 Å². The van der Waals surface area contributed by atoms with Gasteiger partial charge < -0.3 is 14.1 Å². The van der Waals surface area contributed by atoms with E-state index in [9.17, 15) is 9.90 Å². The molecule has 5 rings (SSSR count). The summed E-state index contributed by atoms with van der Waals surface area (Å²) in [5, 5.41) is 11.8. The average Bonchev–Trinajstić information content (AvgIpc) is 3.39. The van der Waals surface area contributed by atoms with Gasteiger partial charge in [-0.05, 0) is 35.9 Å². The monoisotopic (exact) mass is 496 g/mol. The van der Waals surface area contributed by atoms with Crippen LogP contribution in [0.25, 0.3) is 22.2 Å². The molecule has 0 aliphatic rings. The summed E-state index contributed by atoms with van der Waals surface area (Å²) in [5.41, 5.74) is 2.41. The molecule has 0 radical (unpaired) electrons. The molecule has 0 saturated carbocycles. The van der Waals surface area contributed by atoms with Crippen LogP contribution in [0.4, 0.5) is 0 Å². The molecule has 0 aliphatic carbocycles. The van der Waals surface area contributed by atoms with Crippen molar-refractivity contribution in [2.75, 3.05) is 0 Å². The number of phenols is 1. The number of hydrogen-bond acceptors (Lipinski definition) is 4. The highest BCUT2D eigenvalue weighted by Gasteiger charge is 2.27. The fourth-order valence-corrected chi connectivity index (χ4v) is 4.53. The van der Waals surface area contributed by atoms with E-state index in [0.717, 1.165) is 11.1 Å². The van der Waals surface area contributed by atoms with Crippen LogP contribution in [0.3, 0.4) is 0 Å². The number of aromatic hydroxyl groups is 1. The topological polar surface area (TPSA) is 68.3 Å². The second-order valence-electron chi connectivity index (χ2n) is 7.41. The molecule has 0 amide bonds. The number of carbonyl (C=O) groups is 1. The third-order valence-electron chi connectivity index (χ3n) is 5.31. The van der Waals surface area contributed by atoms with Crippen LogP contribution in [0, 0.1) is 0 Å². The van der Waals surface area contributed by atoms with E-state index in [2.05, 4.69) is 4.98 Å². The fourth-order valence-electron chi connectivity index (χ4n) is 3.72. The molecule has 5 nitrogen and oxygen atoms in total. The predicted octanol–water partition coefficient (Wildman–Crippen LogP) is 7.24. The van der Waals surface area contributed by atoms with Crippen molar-refractivity contribution in [2.45, 2.75) is 6.54 Å². The minimum absolute atomic E-state index is 0.00673. The number of fused-ring (bicyclic) bond motifs is 1. The number of halogens is 3. The summed E-state index contributed by atoms with van der Waals surface area (Å²) in [6, 6.07) is 19.3. The lowest BCUT2D eigenvalue weighted by molar-refractivity contribution is 0.100. The average molecular weight is 498 g/mol. The smallest absolute Gasteiger partial charge is 0.268 e. The first kappa shape index (κ1) is 21.6. The van der Waals surface area contributed by atoms with Crippen LogP contribution in [-0.2, 0) is 6.54 Å². The summed E-state index contributed by atoms with van der Waals surface area (Å²) < 4.78 is 7.50. The third kappa shape index (κ3) is 4.00. The Kier molecular flexibility index (Phi) is 5.62. The number of oxazole rings is 1. The number of hydrogen-bond donors (Lipinski definition) is 1. The van der Waals surface area contributed by atoms with Gasteiger partial charge in [-0.1, -0.05) is 71.2 Å². The van der Waals surface area contributed by atoms with Gasteiger partial charge in [-0.2, -0.15) is 0 Å². The van der Waals surface area contributed by atoms with E-state index >= 15 is 0 Å². The Morgan fingerprint density at radius 1 is 1.00 bits per heavy atom. The lowest BCUT2D eigenvalue weighted by atomic mass is 10.1. The minimum atomic E-state index is -0.487. The molecule has 5 aromatic rings.